The fourth-order valence-electron chi connectivity index (χ4n) is 3.85. The number of hydrogen-bond acceptors (Lipinski definition) is 6. The third-order valence-electron chi connectivity index (χ3n) is 5.77. The van der Waals surface area contributed by atoms with E-state index in [1.807, 2.05) is 46.7 Å². The smallest absolute Gasteiger partial charge is 0.246 e. The van der Waals surface area contributed by atoms with Gasteiger partial charge in [0.05, 0.1) is 33.0 Å². The number of nitrogens with zero attached hydrogens (tertiary/aromatic N) is 1. The van der Waals surface area contributed by atoms with Gasteiger partial charge in [0.25, 0.3) is 0 Å². The summed E-state index contributed by atoms with van der Waals surface area (Å²) in [6, 6.07) is 9.84. The van der Waals surface area contributed by atoms with Gasteiger partial charge in [0.1, 0.15) is 0 Å². The molecule has 2 aliphatic heterocycles. The first kappa shape index (κ1) is 22.8. The Labute approximate surface area is 193 Å². The second-order valence-electron chi connectivity index (χ2n) is 8.78. The van der Waals surface area contributed by atoms with Crippen molar-refractivity contribution in [3.05, 3.63) is 52.2 Å². The number of benzene rings is 1. The monoisotopic (exact) mass is 457 g/mol. The molecule has 0 bridgehead atoms. The third kappa shape index (κ3) is 5.91. The number of ether oxygens (including phenoxy) is 4. The normalized spacial score (nSPS) is 19.6. The first-order valence-electron chi connectivity index (χ1n) is 11.0. The number of rotatable bonds is 10. The lowest BCUT2D eigenvalue weighted by Gasteiger charge is -2.37. The Morgan fingerprint density at radius 1 is 1.31 bits per heavy atom. The van der Waals surface area contributed by atoms with Crippen molar-refractivity contribution >= 4 is 23.3 Å². The minimum Gasteiger partial charge on any atom is -0.493 e. The van der Waals surface area contributed by atoms with Crippen molar-refractivity contribution < 1.29 is 23.7 Å². The maximum absolute atomic E-state index is 13.1. The summed E-state index contributed by atoms with van der Waals surface area (Å²) in [6.45, 7) is 5.94. The molecular weight excluding hydrogens is 426 g/mol. The number of thiophene rings is 1. The topological polar surface area (TPSA) is 57.2 Å². The van der Waals surface area contributed by atoms with Gasteiger partial charge in [0.15, 0.2) is 11.5 Å². The highest BCUT2D eigenvalue weighted by Gasteiger charge is 2.34. The summed E-state index contributed by atoms with van der Waals surface area (Å²) in [4.78, 5) is 16.0. The summed E-state index contributed by atoms with van der Waals surface area (Å²) >= 11 is 1.61. The van der Waals surface area contributed by atoms with E-state index in [-0.39, 0.29) is 17.4 Å². The molecule has 2 saturated heterocycles. The quantitative estimate of drug-likeness (QED) is 0.495. The van der Waals surface area contributed by atoms with Gasteiger partial charge < -0.3 is 23.8 Å². The van der Waals surface area contributed by atoms with Gasteiger partial charge in [-0.05, 0) is 48.1 Å². The Hall–Kier alpha value is -2.35. The highest BCUT2D eigenvalue weighted by Crippen LogP contribution is 2.33. The van der Waals surface area contributed by atoms with Gasteiger partial charge in [-0.2, -0.15) is 0 Å². The molecule has 2 fully saturated rings. The van der Waals surface area contributed by atoms with E-state index in [1.54, 1.807) is 24.5 Å². The summed E-state index contributed by atoms with van der Waals surface area (Å²) in [5.41, 5.74) is 1.03. The molecule has 0 spiro atoms. The second-order valence-corrected chi connectivity index (χ2v) is 9.76. The SMILES string of the molecule is COc1ccc(CN(CC2CCCO2)C(=O)/C=C/c2cccs2)cc1OCC1(C)COC1. The van der Waals surface area contributed by atoms with Gasteiger partial charge in [-0.3, -0.25) is 4.79 Å². The predicted octanol–water partition coefficient (Wildman–Crippen LogP) is 4.39. The summed E-state index contributed by atoms with van der Waals surface area (Å²) in [6.07, 6.45) is 5.64. The zero-order chi connectivity index (χ0) is 22.4. The molecule has 1 unspecified atom stereocenters. The standard InChI is InChI=1S/C25H31NO5S/c1-25(16-29-17-25)18-31-23-13-19(7-9-22(23)28-2)14-26(15-20-5-3-11-30-20)24(27)10-8-21-6-4-12-32-21/h4,6-10,12-13,20H,3,5,11,14-18H2,1-2H3/b10-8+. The van der Waals surface area contributed by atoms with Crippen LogP contribution in [0.5, 0.6) is 11.5 Å². The van der Waals surface area contributed by atoms with Crippen LogP contribution >= 0.6 is 11.3 Å². The van der Waals surface area contributed by atoms with Crippen LogP contribution in [0.4, 0.5) is 0 Å². The zero-order valence-corrected chi connectivity index (χ0v) is 19.6. The molecule has 0 N–H and O–H groups in total. The highest BCUT2D eigenvalue weighted by atomic mass is 32.1. The second kappa shape index (κ2) is 10.5. The number of carbonyl (C=O) groups excluding carboxylic acids is 1. The Morgan fingerprint density at radius 3 is 2.84 bits per heavy atom. The average molecular weight is 458 g/mol. The number of carbonyl (C=O) groups is 1. The summed E-state index contributed by atoms with van der Waals surface area (Å²) in [7, 11) is 1.64. The van der Waals surface area contributed by atoms with Crippen LogP contribution in [-0.4, -0.2) is 57.0 Å². The van der Waals surface area contributed by atoms with Crippen molar-refractivity contribution in [2.75, 3.05) is 40.1 Å². The lowest BCUT2D eigenvalue weighted by atomic mass is 9.90. The largest absolute Gasteiger partial charge is 0.493 e. The fraction of sp³-hybridized carbons (Fsp3) is 0.480. The highest BCUT2D eigenvalue weighted by molar-refractivity contribution is 7.10. The van der Waals surface area contributed by atoms with Crippen molar-refractivity contribution in [1.29, 1.82) is 0 Å². The molecule has 32 heavy (non-hydrogen) atoms. The van der Waals surface area contributed by atoms with Crippen LogP contribution in [0.1, 0.15) is 30.2 Å². The van der Waals surface area contributed by atoms with E-state index in [9.17, 15) is 4.79 Å². The lowest BCUT2D eigenvalue weighted by molar-refractivity contribution is -0.128. The Balaban J connectivity index is 1.48. The van der Waals surface area contributed by atoms with Gasteiger partial charge in [0, 0.05) is 36.1 Å². The zero-order valence-electron chi connectivity index (χ0n) is 18.7. The summed E-state index contributed by atoms with van der Waals surface area (Å²) in [5, 5.41) is 2.00. The van der Waals surface area contributed by atoms with Crippen molar-refractivity contribution in [2.24, 2.45) is 5.41 Å². The maximum atomic E-state index is 13.1. The molecule has 0 saturated carbocycles. The van der Waals surface area contributed by atoms with Crippen LogP contribution in [-0.2, 0) is 20.8 Å². The number of hydrogen-bond donors (Lipinski definition) is 0. The summed E-state index contributed by atoms with van der Waals surface area (Å²) < 4.78 is 22.7. The van der Waals surface area contributed by atoms with Crippen LogP contribution in [0.2, 0.25) is 0 Å². The molecule has 6 nitrogen and oxygen atoms in total. The summed E-state index contributed by atoms with van der Waals surface area (Å²) in [5.74, 6) is 1.36. The molecule has 1 atom stereocenters. The van der Waals surface area contributed by atoms with Gasteiger partial charge in [-0.15, -0.1) is 11.3 Å². The molecule has 2 aliphatic rings. The van der Waals surface area contributed by atoms with Gasteiger partial charge >= 0.3 is 0 Å². The number of amides is 1. The first-order chi connectivity index (χ1) is 15.5. The molecule has 7 heteroatoms. The van der Waals surface area contributed by atoms with E-state index in [2.05, 4.69) is 6.92 Å². The van der Waals surface area contributed by atoms with Crippen molar-refractivity contribution in [2.45, 2.75) is 32.4 Å². The van der Waals surface area contributed by atoms with E-state index >= 15 is 0 Å². The van der Waals surface area contributed by atoms with E-state index in [0.717, 1.165) is 29.9 Å². The van der Waals surface area contributed by atoms with E-state index in [0.29, 0.717) is 44.4 Å². The lowest BCUT2D eigenvalue weighted by Crippen LogP contribution is -2.44. The Bertz CT molecular complexity index is 916. The maximum Gasteiger partial charge on any atom is 0.246 e. The van der Waals surface area contributed by atoms with Crippen LogP contribution in [0.25, 0.3) is 6.08 Å². The molecule has 3 heterocycles. The van der Waals surface area contributed by atoms with Crippen molar-refractivity contribution in [3.63, 3.8) is 0 Å². The first-order valence-corrected chi connectivity index (χ1v) is 11.9. The van der Waals surface area contributed by atoms with E-state index < -0.39 is 0 Å². The van der Waals surface area contributed by atoms with E-state index in [4.69, 9.17) is 18.9 Å². The van der Waals surface area contributed by atoms with Crippen LogP contribution in [0.3, 0.4) is 0 Å². The molecule has 1 amide bonds. The Kier molecular flexibility index (Phi) is 7.50. The molecule has 1 aromatic heterocycles. The van der Waals surface area contributed by atoms with Crippen LogP contribution in [0, 0.1) is 5.41 Å². The molecule has 2 aromatic rings. The third-order valence-corrected chi connectivity index (χ3v) is 6.61. The van der Waals surface area contributed by atoms with Crippen LogP contribution < -0.4 is 9.47 Å². The molecule has 172 valence electrons. The van der Waals surface area contributed by atoms with Gasteiger partial charge in [-0.25, -0.2) is 0 Å². The average Bonchev–Trinajstić information content (AvgIpc) is 3.48. The minimum absolute atomic E-state index is 0.0219. The molecule has 0 aliphatic carbocycles. The van der Waals surface area contributed by atoms with Crippen molar-refractivity contribution in [3.8, 4) is 11.5 Å². The molecule has 4 rings (SSSR count). The minimum atomic E-state index is -0.0219. The molecule has 1 aromatic carbocycles. The van der Waals surface area contributed by atoms with Crippen molar-refractivity contribution in [1.82, 2.24) is 4.90 Å². The Morgan fingerprint density at radius 2 is 2.19 bits per heavy atom. The fourth-order valence-corrected chi connectivity index (χ4v) is 4.47. The van der Waals surface area contributed by atoms with Gasteiger partial charge in [0.2, 0.25) is 5.91 Å². The predicted molar refractivity (Wildman–Crippen MR) is 125 cm³/mol. The van der Waals surface area contributed by atoms with E-state index in [1.165, 1.54) is 0 Å². The van der Waals surface area contributed by atoms with Crippen LogP contribution in [0.15, 0.2) is 41.8 Å². The number of methoxy groups -OCH3 is 1. The molecule has 0 radical (unpaired) electrons. The van der Waals surface area contributed by atoms with Gasteiger partial charge in [-0.1, -0.05) is 19.1 Å². The molecular formula is C25H31NO5S.